The van der Waals surface area contributed by atoms with Gasteiger partial charge in [-0.25, -0.2) is 19.3 Å². The second kappa shape index (κ2) is 22.2. The topological polar surface area (TPSA) is 130 Å². The fourth-order valence-electron chi connectivity index (χ4n) is 8.06. The molecule has 1 aromatic heterocycles. The Morgan fingerprint density at radius 1 is 0.800 bits per heavy atom. The van der Waals surface area contributed by atoms with Crippen molar-refractivity contribution in [2.24, 2.45) is 0 Å². The maximum absolute atomic E-state index is 14.2. The number of carbonyl (C=O) groups is 1. The van der Waals surface area contributed by atoms with E-state index in [0.29, 0.717) is 29.3 Å². The summed E-state index contributed by atoms with van der Waals surface area (Å²) in [5, 5.41) is 9.47. The molecule has 0 saturated carbocycles. The lowest BCUT2D eigenvalue weighted by Crippen LogP contribution is -2.39. The van der Waals surface area contributed by atoms with Crippen molar-refractivity contribution in [3.8, 4) is 23.6 Å². The summed E-state index contributed by atoms with van der Waals surface area (Å²) in [6.45, 7) is 8.64. The highest BCUT2D eigenvalue weighted by Gasteiger charge is 2.45. The first kappa shape index (κ1) is 46.9. The third-order valence-corrected chi connectivity index (χ3v) is 13.2. The molecule has 65 heavy (non-hydrogen) atoms. The van der Waals surface area contributed by atoms with Crippen LogP contribution in [-0.4, -0.2) is 72.0 Å². The molecule has 5 aromatic carbocycles. The molecule has 1 aliphatic heterocycles. The summed E-state index contributed by atoms with van der Waals surface area (Å²) in [7, 11) is 1.59. The lowest BCUT2D eigenvalue weighted by atomic mass is 9.80. The number of aromatic nitrogens is 2. The van der Waals surface area contributed by atoms with Gasteiger partial charge in [0.15, 0.2) is 0 Å². The van der Waals surface area contributed by atoms with Gasteiger partial charge < -0.3 is 32.7 Å². The molecule has 0 radical (unpaired) electrons. The highest BCUT2D eigenvalue weighted by atomic mass is 31.2. The molecule has 1 fully saturated rings. The van der Waals surface area contributed by atoms with Crippen molar-refractivity contribution in [1.29, 1.82) is 5.26 Å². The quantitative estimate of drug-likeness (QED) is 0.0412. The highest BCUT2D eigenvalue weighted by Crippen LogP contribution is 2.51. The molecule has 338 valence electrons. The van der Waals surface area contributed by atoms with E-state index in [0.717, 1.165) is 16.7 Å². The van der Waals surface area contributed by atoms with Gasteiger partial charge >= 0.3 is 12.1 Å². The highest BCUT2D eigenvalue weighted by molar-refractivity contribution is 7.44. The molecule has 4 atom stereocenters. The van der Waals surface area contributed by atoms with E-state index >= 15 is 0 Å². The van der Waals surface area contributed by atoms with E-state index in [1.165, 1.54) is 4.90 Å². The molecule has 1 unspecified atom stereocenters. The predicted octanol–water partition coefficient (Wildman–Crippen LogP) is 11.2. The SMILES string of the molecule is COc1ccc(C(OC[C@H]2O[C@@H](n3ccnc3OC(=O)N(c3ccccc3)c3ccccc3)C[C@@H]2OP(OCCC#N)N(C(C)C)C(C)C)(c2ccccc2)c2ccc(OC)cc2)cc1. The van der Waals surface area contributed by atoms with Gasteiger partial charge in [0.2, 0.25) is 0 Å². The van der Waals surface area contributed by atoms with Gasteiger partial charge in [-0.2, -0.15) is 5.26 Å². The molecular weight excluding hydrogens is 842 g/mol. The van der Waals surface area contributed by atoms with Crippen LogP contribution in [0.25, 0.3) is 0 Å². The second-order valence-electron chi connectivity index (χ2n) is 15.9. The van der Waals surface area contributed by atoms with Gasteiger partial charge in [0.05, 0.1) is 57.4 Å². The van der Waals surface area contributed by atoms with Crippen molar-refractivity contribution in [1.82, 2.24) is 14.2 Å². The van der Waals surface area contributed by atoms with Crippen LogP contribution in [0.5, 0.6) is 17.5 Å². The Balaban J connectivity index is 1.27. The number of para-hydroxylation sites is 2. The van der Waals surface area contributed by atoms with Crippen molar-refractivity contribution in [2.45, 2.75) is 76.7 Å². The van der Waals surface area contributed by atoms with Gasteiger partial charge in [0.25, 0.3) is 8.53 Å². The number of methoxy groups -OCH3 is 2. The second-order valence-corrected chi connectivity index (χ2v) is 17.3. The smallest absolute Gasteiger partial charge is 0.426 e. The van der Waals surface area contributed by atoms with Crippen molar-refractivity contribution < 1.29 is 37.5 Å². The summed E-state index contributed by atoms with van der Waals surface area (Å²) in [4.78, 5) is 20.2. The van der Waals surface area contributed by atoms with Crippen LogP contribution in [0.3, 0.4) is 0 Å². The minimum Gasteiger partial charge on any atom is -0.497 e. The van der Waals surface area contributed by atoms with Gasteiger partial charge in [-0.15, -0.1) is 0 Å². The van der Waals surface area contributed by atoms with Gasteiger partial charge in [-0.3, -0.25) is 4.57 Å². The van der Waals surface area contributed by atoms with Gasteiger partial charge in [-0.05, 0) is 92.9 Å². The van der Waals surface area contributed by atoms with E-state index in [4.69, 9.17) is 32.7 Å². The Kier molecular flexibility index (Phi) is 16.0. The van der Waals surface area contributed by atoms with Crippen LogP contribution in [0.4, 0.5) is 16.2 Å². The van der Waals surface area contributed by atoms with Crippen molar-refractivity contribution >= 4 is 26.0 Å². The number of nitriles is 1. The van der Waals surface area contributed by atoms with Gasteiger partial charge in [-0.1, -0.05) is 91.0 Å². The van der Waals surface area contributed by atoms with Crippen LogP contribution in [-0.2, 0) is 24.1 Å². The molecule has 0 bridgehead atoms. The Bertz CT molecular complexity index is 2340. The Labute approximate surface area is 383 Å². The fraction of sp³-hybridized carbons (Fsp3) is 0.314. The number of benzene rings is 5. The van der Waals surface area contributed by atoms with Gasteiger partial charge in [0, 0.05) is 30.9 Å². The zero-order valence-corrected chi connectivity index (χ0v) is 38.5. The first-order valence-electron chi connectivity index (χ1n) is 21.7. The average molecular weight is 898 g/mol. The summed E-state index contributed by atoms with van der Waals surface area (Å²) in [5.74, 6) is 1.41. The number of nitrogens with zero attached hydrogens (tertiary/aromatic N) is 5. The minimum absolute atomic E-state index is 0.0470. The summed E-state index contributed by atoms with van der Waals surface area (Å²) < 4.78 is 49.0. The number of hydrogen-bond donors (Lipinski definition) is 0. The third kappa shape index (κ3) is 10.9. The summed E-state index contributed by atoms with van der Waals surface area (Å²) in [6.07, 6.45) is 1.22. The fourth-order valence-corrected chi connectivity index (χ4v) is 9.82. The summed E-state index contributed by atoms with van der Waals surface area (Å²) in [5.41, 5.74) is 2.73. The molecule has 13 nitrogen and oxygen atoms in total. The molecule has 0 N–H and O–H groups in total. The average Bonchev–Trinajstić information content (AvgIpc) is 3.96. The molecular formula is C51H56N5O8P. The monoisotopic (exact) mass is 897 g/mol. The lowest BCUT2D eigenvalue weighted by Gasteiger charge is -2.39. The zero-order valence-electron chi connectivity index (χ0n) is 37.6. The Morgan fingerprint density at radius 3 is 1.83 bits per heavy atom. The number of anilines is 2. The van der Waals surface area contributed by atoms with E-state index in [9.17, 15) is 10.1 Å². The third-order valence-electron chi connectivity index (χ3n) is 11.0. The summed E-state index contributed by atoms with van der Waals surface area (Å²) in [6, 6.07) is 46.7. The zero-order chi connectivity index (χ0) is 45.8. The largest absolute Gasteiger partial charge is 0.497 e. The van der Waals surface area contributed by atoms with Crippen LogP contribution in [0, 0.1) is 11.3 Å². The van der Waals surface area contributed by atoms with E-state index in [-0.39, 0.29) is 37.7 Å². The number of ether oxygens (including phenoxy) is 5. The molecule has 0 spiro atoms. The number of amides is 1. The van der Waals surface area contributed by atoms with Crippen molar-refractivity contribution in [2.75, 3.05) is 32.3 Å². The first-order chi connectivity index (χ1) is 31.7. The molecule has 0 aliphatic carbocycles. The predicted molar refractivity (Wildman–Crippen MR) is 250 cm³/mol. The van der Waals surface area contributed by atoms with Crippen LogP contribution < -0.4 is 19.1 Å². The van der Waals surface area contributed by atoms with Crippen molar-refractivity contribution in [3.63, 3.8) is 0 Å². The maximum Gasteiger partial charge on any atom is 0.426 e. The first-order valence-corrected chi connectivity index (χ1v) is 22.8. The molecule has 2 heterocycles. The minimum atomic E-state index is -1.69. The lowest BCUT2D eigenvalue weighted by molar-refractivity contribution is -0.0925. The van der Waals surface area contributed by atoms with Gasteiger partial charge in [0.1, 0.15) is 29.4 Å². The van der Waals surface area contributed by atoms with Crippen LogP contribution in [0.2, 0.25) is 0 Å². The normalized spacial score (nSPS) is 16.6. The standard InChI is InChI=1S/C51H56N5O8P/c1-37(2)56(38(3)4)65(61-34-16-31-52)64-46-35-48(54-33-32-53-49(54)63-50(57)55(42-19-12-8-13-20-42)43-21-14-9-15-22-43)62-47(46)36-60-51(39-17-10-7-11-18-39,40-23-27-44(58-5)28-24-40)41-25-29-45(59-6)30-26-41/h7-15,17-30,32-33,37-38,46-48H,16,34-36H2,1-6H3/t46-,47+,48+,65?/m0/s1. The number of rotatable bonds is 20. The van der Waals surface area contributed by atoms with Crippen molar-refractivity contribution in [3.05, 3.63) is 169 Å². The molecule has 1 saturated heterocycles. The number of carbonyl (C=O) groups excluding carboxylic acids is 1. The summed E-state index contributed by atoms with van der Waals surface area (Å²) >= 11 is 0. The number of hydrogen-bond acceptors (Lipinski definition) is 11. The Hall–Kier alpha value is -6.10. The Morgan fingerprint density at radius 2 is 1.32 bits per heavy atom. The molecule has 7 rings (SSSR count). The molecule has 1 aliphatic rings. The van der Waals surface area contributed by atoms with Crippen LogP contribution >= 0.6 is 8.53 Å². The number of imidazole rings is 1. The van der Waals surface area contributed by atoms with Crippen LogP contribution in [0.15, 0.2) is 152 Å². The van der Waals surface area contributed by atoms with E-state index in [2.05, 4.69) is 43.4 Å². The molecule has 6 aromatic rings. The van der Waals surface area contributed by atoms with E-state index in [1.807, 2.05) is 140 Å². The van der Waals surface area contributed by atoms with Crippen LogP contribution in [0.1, 0.15) is 63.5 Å². The maximum atomic E-state index is 14.2. The van der Waals surface area contributed by atoms with E-state index in [1.54, 1.807) is 31.2 Å². The molecule has 14 heteroatoms. The van der Waals surface area contributed by atoms with E-state index < -0.39 is 38.7 Å². The molecule has 1 amide bonds.